The molecule has 16 nitrogen and oxygen atoms in total. The van der Waals surface area contributed by atoms with E-state index in [1.54, 1.807) is 78.8 Å². The van der Waals surface area contributed by atoms with E-state index in [1.807, 2.05) is 25.9 Å². The van der Waals surface area contributed by atoms with Crippen LogP contribution in [-0.4, -0.2) is 133 Å². The number of nitrogens with zero attached hydrogens (tertiary/aromatic N) is 1. The van der Waals surface area contributed by atoms with Gasteiger partial charge in [0.25, 0.3) is 5.91 Å². The number of Topliss-reactive ketones (excluding diaryl/α,β-unsaturated/α-hetero) is 1. The van der Waals surface area contributed by atoms with Crippen molar-refractivity contribution in [3.63, 3.8) is 0 Å². The van der Waals surface area contributed by atoms with Crippen molar-refractivity contribution in [3.8, 4) is 0 Å². The maximum Gasteiger partial charge on any atom is 0.408 e. The van der Waals surface area contributed by atoms with E-state index >= 15 is 0 Å². The number of benzene rings is 1. The summed E-state index contributed by atoms with van der Waals surface area (Å²) in [5, 5.41) is 20.1. The molecule has 4 aliphatic heterocycles. The zero-order valence-electron chi connectivity index (χ0n) is 34.8. The standard InChI is InChI=1S/C41H62N4O12/c1-11-29-41(8)33(44-39(51)57-41)23(4)30(46)21(2)18-40(7)34(55-37-31(47)28(45(9)10)17-22(3)53-37)24(5)32(25(6)36(49)54-29)52-20-27(19-42-38(50)56-40)43-35(48)26-15-13-12-14-16-26/h12-16,21-25,27-29,31-34,37,47H,11,17-20H2,1-10H3,(H,42,50)(H,43,48)(H,44,51)/t21-,22-,23+,24+,25-,27?,28+,29-,31-,32+,33+,34-,37+,40-,41-/m1/s1. The zero-order valence-corrected chi connectivity index (χ0v) is 34.8. The van der Waals surface area contributed by atoms with Gasteiger partial charge in [-0.1, -0.05) is 45.9 Å². The van der Waals surface area contributed by atoms with Crippen LogP contribution in [0.4, 0.5) is 9.59 Å². The lowest BCUT2D eigenvalue weighted by Crippen LogP contribution is -2.61. The van der Waals surface area contributed by atoms with E-state index in [-0.39, 0.29) is 43.9 Å². The number of carbonyl (C=O) groups excluding carboxylic acids is 5. The number of aliphatic hydroxyl groups is 1. The van der Waals surface area contributed by atoms with Crippen LogP contribution in [0.5, 0.6) is 0 Å². The number of nitrogens with one attached hydrogen (secondary N) is 3. The molecule has 0 aromatic heterocycles. The van der Waals surface area contributed by atoms with Crippen molar-refractivity contribution in [1.82, 2.24) is 20.9 Å². The summed E-state index contributed by atoms with van der Waals surface area (Å²) < 4.78 is 38.1. The van der Waals surface area contributed by atoms with E-state index in [2.05, 4.69) is 16.0 Å². The fourth-order valence-electron chi connectivity index (χ4n) is 9.21. The minimum absolute atomic E-state index is 0.0662. The van der Waals surface area contributed by atoms with Gasteiger partial charge in [0.15, 0.2) is 11.9 Å². The Kier molecular flexibility index (Phi) is 14.0. The fourth-order valence-corrected chi connectivity index (χ4v) is 9.21. The molecule has 3 amide bonds. The number of hydrogen-bond acceptors (Lipinski definition) is 13. The van der Waals surface area contributed by atoms with Crippen LogP contribution < -0.4 is 16.0 Å². The Morgan fingerprint density at radius 2 is 1.68 bits per heavy atom. The second kappa shape index (κ2) is 18.0. The molecule has 57 heavy (non-hydrogen) atoms. The van der Waals surface area contributed by atoms with Crippen molar-refractivity contribution in [2.45, 2.75) is 141 Å². The number of ether oxygens (including phenoxy) is 6. The Morgan fingerprint density at radius 3 is 2.33 bits per heavy atom. The molecular weight excluding hydrogens is 740 g/mol. The van der Waals surface area contributed by atoms with Gasteiger partial charge in [-0.25, -0.2) is 9.59 Å². The maximum atomic E-state index is 14.5. The number of amides is 3. The van der Waals surface area contributed by atoms with Crippen molar-refractivity contribution in [1.29, 1.82) is 0 Å². The van der Waals surface area contributed by atoms with Crippen molar-refractivity contribution in [3.05, 3.63) is 35.9 Å². The van der Waals surface area contributed by atoms with Gasteiger partial charge in [-0.15, -0.1) is 0 Å². The molecule has 4 saturated heterocycles. The Labute approximate surface area is 335 Å². The van der Waals surface area contributed by atoms with E-state index in [9.17, 15) is 29.1 Å². The molecule has 5 rings (SSSR count). The minimum Gasteiger partial charge on any atom is -0.458 e. The lowest BCUT2D eigenvalue weighted by Gasteiger charge is -2.48. The Balaban J connectivity index is 1.63. The van der Waals surface area contributed by atoms with E-state index in [0.717, 1.165) is 0 Å². The summed E-state index contributed by atoms with van der Waals surface area (Å²) in [6.45, 7) is 13.6. The maximum absolute atomic E-state index is 14.5. The highest BCUT2D eigenvalue weighted by Gasteiger charge is 2.58. The van der Waals surface area contributed by atoms with Crippen LogP contribution in [0.15, 0.2) is 30.3 Å². The van der Waals surface area contributed by atoms with Crippen LogP contribution in [0.2, 0.25) is 0 Å². The van der Waals surface area contributed by atoms with E-state index < -0.39 is 102 Å². The highest BCUT2D eigenvalue weighted by molar-refractivity contribution is 5.94. The highest BCUT2D eigenvalue weighted by atomic mass is 16.7. The predicted molar refractivity (Wildman–Crippen MR) is 206 cm³/mol. The molecule has 4 fully saturated rings. The average molecular weight is 803 g/mol. The second-order valence-corrected chi connectivity index (χ2v) is 17.0. The monoisotopic (exact) mass is 802 g/mol. The summed E-state index contributed by atoms with van der Waals surface area (Å²) in [5.41, 5.74) is -2.63. The van der Waals surface area contributed by atoms with Gasteiger partial charge in [-0.05, 0) is 73.2 Å². The largest absolute Gasteiger partial charge is 0.458 e. The van der Waals surface area contributed by atoms with Crippen LogP contribution in [-0.2, 0) is 38.0 Å². The van der Waals surface area contributed by atoms with Crippen molar-refractivity contribution >= 4 is 29.8 Å². The van der Waals surface area contributed by atoms with E-state index in [1.165, 1.54) is 0 Å². The smallest absolute Gasteiger partial charge is 0.408 e. The van der Waals surface area contributed by atoms with Gasteiger partial charge < -0.3 is 54.4 Å². The third-order valence-electron chi connectivity index (χ3n) is 12.3. The van der Waals surface area contributed by atoms with Crippen LogP contribution in [0.25, 0.3) is 0 Å². The fraction of sp³-hybridized carbons (Fsp3) is 0.732. The van der Waals surface area contributed by atoms with Crippen molar-refractivity contribution in [2.75, 3.05) is 27.2 Å². The molecule has 0 saturated carbocycles. The third-order valence-corrected chi connectivity index (χ3v) is 12.3. The van der Waals surface area contributed by atoms with Gasteiger partial charge in [0.2, 0.25) is 0 Å². The molecule has 1 aromatic rings. The molecule has 0 aliphatic carbocycles. The molecule has 15 atom stereocenters. The van der Waals surface area contributed by atoms with Gasteiger partial charge in [0, 0.05) is 35.9 Å². The molecule has 16 heteroatoms. The van der Waals surface area contributed by atoms with Gasteiger partial charge in [0.1, 0.15) is 29.7 Å². The first kappa shape index (κ1) is 44.3. The number of fused-ring (bicyclic) bond motifs is 4. The molecule has 2 bridgehead atoms. The van der Waals surface area contributed by atoms with Crippen LogP contribution in [0.3, 0.4) is 0 Å². The molecule has 4 N–H and O–H groups in total. The number of esters is 1. The Morgan fingerprint density at radius 1 is 1.00 bits per heavy atom. The Bertz CT molecular complexity index is 1610. The minimum atomic E-state index is -1.62. The number of hydrogen-bond donors (Lipinski definition) is 4. The topological polar surface area (TPSA) is 200 Å². The normalized spacial score (nSPS) is 40.9. The lowest BCUT2D eigenvalue weighted by molar-refractivity contribution is -0.299. The molecule has 0 spiro atoms. The SMILES string of the molecule is CC[C@H]1OC(=O)[C@H](C)[C@H]2OCC(NC(=O)c3ccccc3)CNC(=O)O[C@](C)(C[C@@H](C)C(=O)[C@H](C)[C@@H]3NC(=O)O[C@]13C)[C@H](O[C@@H]1O[C@H](C)C[C@H](N(C)C)[C@H]1O)[C@H]2C. The zero-order chi connectivity index (χ0) is 42.0. The summed E-state index contributed by atoms with van der Waals surface area (Å²) in [5.74, 6) is -4.75. The average Bonchev–Trinajstić information content (AvgIpc) is 3.47. The Hall–Kier alpha value is -3.83. The molecule has 1 aromatic carbocycles. The van der Waals surface area contributed by atoms with Crippen LogP contribution in [0, 0.1) is 23.7 Å². The molecule has 318 valence electrons. The van der Waals surface area contributed by atoms with Crippen molar-refractivity contribution in [2.24, 2.45) is 23.7 Å². The van der Waals surface area contributed by atoms with Crippen LogP contribution in [0.1, 0.15) is 85.0 Å². The number of carbonyl (C=O) groups is 5. The molecular formula is C41H62N4O12. The summed E-state index contributed by atoms with van der Waals surface area (Å²) in [6.07, 6.45) is -6.63. The summed E-state index contributed by atoms with van der Waals surface area (Å²) in [4.78, 5) is 70.8. The predicted octanol–water partition coefficient (Wildman–Crippen LogP) is 3.19. The molecule has 1 unspecified atom stereocenters. The van der Waals surface area contributed by atoms with E-state index in [0.29, 0.717) is 12.0 Å². The van der Waals surface area contributed by atoms with Gasteiger partial charge in [0.05, 0.1) is 36.8 Å². The first-order valence-electron chi connectivity index (χ1n) is 20.1. The summed E-state index contributed by atoms with van der Waals surface area (Å²) in [6, 6.07) is 6.58. The highest BCUT2D eigenvalue weighted by Crippen LogP contribution is 2.42. The van der Waals surface area contributed by atoms with E-state index in [4.69, 9.17) is 28.4 Å². The molecule has 4 aliphatic rings. The summed E-state index contributed by atoms with van der Waals surface area (Å²) in [7, 11) is 3.70. The van der Waals surface area contributed by atoms with Gasteiger partial charge in [-0.3, -0.25) is 14.4 Å². The second-order valence-electron chi connectivity index (χ2n) is 17.0. The first-order chi connectivity index (χ1) is 26.8. The number of likely N-dealkylation sites (N-methyl/N-ethyl adjacent to an activating group) is 1. The molecule has 0 radical (unpaired) electrons. The number of aliphatic hydroxyl groups excluding tert-OH is 1. The number of rotatable bonds is 6. The first-order valence-corrected chi connectivity index (χ1v) is 20.1. The summed E-state index contributed by atoms with van der Waals surface area (Å²) >= 11 is 0. The molecule has 4 heterocycles. The lowest BCUT2D eigenvalue weighted by atomic mass is 9.73. The number of alkyl carbamates (subject to hydrolysis) is 2. The number of cyclic esters (lactones) is 1. The van der Waals surface area contributed by atoms with Gasteiger partial charge >= 0.3 is 18.2 Å². The quantitative estimate of drug-likeness (QED) is 0.242. The third kappa shape index (κ3) is 9.56. The van der Waals surface area contributed by atoms with Gasteiger partial charge in [-0.2, -0.15) is 0 Å². The van der Waals surface area contributed by atoms with Crippen LogP contribution >= 0.6 is 0 Å². The number of ketones is 1. The van der Waals surface area contributed by atoms with Crippen molar-refractivity contribution < 1.29 is 57.5 Å².